The topological polar surface area (TPSA) is 106 Å². The Bertz CT molecular complexity index is 975. The van der Waals surface area contributed by atoms with E-state index in [9.17, 15) is 9.59 Å². The van der Waals surface area contributed by atoms with Gasteiger partial charge < -0.3 is 5.32 Å². The van der Waals surface area contributed by atoms with Gasteiger partial charge in [-0.05, 0) is 45.9 Å². The van der Waals surface area contributed by atoms with Crippen molar-refractivity contribution >= 4 is 11.6 Å². The number of nitrogens with one attached hydrogen (secondary N) is 2. The number of H-pyrrole nitrogens is 1. The fourth-order valence-corrected chi connectivity index (χ4v) is 2.56. The number of amides is 1. The van der Waals surface area contributed by atoms with E-state index in [1.165, 1.54) is 0 Å². The van der Waals surface area contributed by atoms with Crippen LogP contribution in [0.25, 0.3) is 11.4 Å². The number of benzene rings is 1. The molecule has 0 aliphatic carbocycles. The quantitative estimate of drug-likeness (QED) is 0.761. The summed E-state index contributed by atoms with van der Waals surface area (Å²) >= 11 is 0. The van der Waals surface area contributed by atoms with E-state index in [1.807, 2.05) is 32.4 Å². The van der Waals surface area contributed by atoms with Gasteiger partial charge in [0.05, 0.1) is 5.54 Å². The third-order valence-electron chi connectivity index (χ3n) is 3.59. The van der Waals surface area contributed by atoms with E-state index in [1.54, 1.807) is 30.3 Å². The molecule has 2 heterocycles. The van der Waals surface area contributed by atoms with Gasteiger partial charge >= 0.3 is 5.76 Å². The molecule has 0 fully saturated rings. The van der Waals surface area contributed by atoms with E-state index < -0.39 is 5.76 Å². The van der Waals surface area contributed by atoms with E-state index in [-0.39, 0.29) is 11.4 Å². The van der Waals surface area contributed by atoms with Gasteiger partial charge in [0, 0.05) is 16.9 Å². The lowest BCUT2D eigenvalue weighted by atomic mass is 10.1. The molecule has 8 nitrogen and oxygen atoms in total. The highest BCUT2D eigenvalue weighted by molar-refractivity contribution is 6.03. The summed E-state index contributed by atoms with van der Waals surface area (Å²) in [5.74, 6) is -0.640. The Kier molecular flexibility index (Phi) is 4.03. The minimum Gasteiger partial charge on any atom is -0.321 e. The molecule has 0 spiro atoms. The Labute approximate surface area is 143 Å². The van der Waals surface area contributed by atoms with Gasteiger partial charge in [-0.2, -0.15) is 5.10 Å². The molecule has 3 aromatic rings. The predicted octanol–water partition coefficient (Wildman–Crippen LogP) is 2.54. The highest BCUT2D eigenvalue weighted by atomic mass is 16.5. The molecule has 0 aliphatic heterocycles. The van der Waals surface area contributed by atoms with Gasteiger partial charge in [-0.1, -0.05) is 17.3 Å². The van der Waals surface area contributed by atoms with Crippen molar-refractivity contribution in [3.63, 3.8) is 0 Å². The molecule has 130 valence electrons. The van der Waals surface area contributed by atoms with Crippen LogP contribution in [0.2, 0.25) is 0 Å². The van der Waals surface area contributed by atoms with Gasteiger partial charge in [-0.3, -0.25) is 19.0 Å². The molecule has 1 aromatic carbocycles. The van der Waals surface area contributed by atoms with Crippen molar-refractivity contribution in [1.82, 2.24) is 19.9 Å². The second-order valence-corrected chi connectivity index (χ2v) is 6.73. The lowest BCUT2D eigenvalue weighted by Crippen LogP contribution is -2.25. The molecule has 0 unspecified atom stereocenters. The van der Waals surface area contributed by atoms with Crippen LogP contribution in [-0.4, -0.2) is 25.8 Å². The van der Waals surface area contributed by atoms with Crippen molar-refractivity contribution in [2.24, 2.45) is 0 Å². The van der Waals surface area contributed by atoms with Crippen LogP contribution in [-0.2, 0) is 5.54 Å². The molecule has 1 amide bonds. The molecule has 0 aliphatic rings. The number of anilines is 1. The number of nitrogens with zero attached hydrogens (tertiary/aromatic N) is 3. The average Bonchev–Trinajstić information content (AvgIpc) is 3.13. The second kappa shape index (κ2) is 6.04. The number of aromatic amines is 1. The molecule has 0 saturated carbocycles. The molecule has 3 rings (SSSR count). The summed E-state index contributed by atoms with van der Waals surface area (Å²) in [4.78, 5) is 26.0. The minimum absolute atomic E-state index is 0.207. The number of carbonyl (C=O) groups excluding carboxylic acids is 1. The summed E-state index contributed by atoms with van der Waals surface area (Å²) in [7, 11) is 0. The zero-order chi connectivity index (χ0) is 18.2. The highest BCUT2D eigenvalue weighted by Gasteiger charge is 2.20. The van der Waals surface area contributed by atoms with Crippen LogP contribution in [0.3, 0.4) is 0 Å². The predicted molar refractivity (Wildman–Crippen MR) is 92.5 cm³/mol. The third-order valence-corrected chi connectivity index (χ3v) is 3.59. The first-order chi connectivity index (χ1) is 11.7. The first-order valence-electron chi connectivity index (χ1n) is 7.79. The molecule has 25 heavy (non-hydrogen) atoms. The largest absolute Gasteiger partial charge is 0.439 e. The molecule has 2 aromatic heterocycles. The maximum absolute atomic E-state index is 12.5. The monoisotopic (exact) mass is 341 g/mol. The fourth-order valence-electron chi connectivity index (χ4n) is 2.56. The molecule has 8 heteroatoms. The van der Waals surface area contributed by atoms with Gasteiger partial charge in [-0.15, -0.1) is 0 Å². The maximum Gasteiger partial charge on any atom is 0.439 e. The molecular weight excluding hydrogens is 322 g/mol. The molecule has 0 atom stereocenters. The van der Waals surface area contributed by atoms with Crippen LogP contribution in [0.1, 0.15) is 37.0 Å². The first-order valence-corrected chi connectivity index (χ1v) is 7.79. The summed E-state index contributed by atoms with van der Waals surface area (Å²) in [5, 5.41) is 10.8. The molecule has 0 radical (unpaired) electrons. The van der Waals surface area contributed by atoms with Crippen molar-refractivity contribution < 1.29 is 9.32 Å². The number of hydrogen-bond acceptors (Lipinski definition) is 5. The fraction of sp³-hybridized carbons (Fsp3) is 0.294. The van der Waals surface area contributed by atoms with Gasteiger partial charge in [0.1, 0.15) is 0 Å². The van der Waals surface area contributed by atoms with Gasteiger partial charge in [0.15, 0.2) is 11.5 Å². The number of rotatable bonds is 3. The minimum atomic E-state index is -0.632. The number of carbonyl (C=O) groups is 1. The Morgan fingerprint density at radius 3 is 2.64 bits per heavy atom. The van der Waals surface area contributed by atoms with E-state index >= 15 is 0 Å². The Morgan fingerprint density at radius 1 is 1.28 bits per heavy atom. The number of aryl methyl sites for hydroxylation is 1. The normalized spacial score (nSPS) is 11.5. The van der Waals surface area contributed by atoms with Gasteiger partial charge in [0.25, 0.3) is 5.91 Å². The zero-order valence-corrected chi connectivity index (χ0v) is 14.5. The molecular formula is C17H19N5O3. The van der Waals surface area contributed by atoms with Crippen molar-refractivity contribution in [1.29, 1.82) is 0 Å². The standard InChI is InChI=1S/C17H19N5O3/c1-10-8-13(20-22(10)17(2,3)4)15(23)18-12-7-5-6-11(9-12)14-19-16(24)25-21-14/h5-9H,1-4H3,(H,18,23)(H,19,21,24). The molecule has 0 bridgehead atoms. The summed E-state index contributed by atoms with van der Waals surface area (Å²) in [6.45, 7) is 7.99. The van der Waals surface area contributed by atoms with E-state index in [0.29, 0.717) is 22.8 Å². The Morgan fingerprint density at radius 2 is 2.04 bits per heavy atom. The van der Waals surface area contributed by atoms with Crippen LogP contribution < -0.4 is 11.1 Å². The summed E-state index contributed by atoms with van der Waals surface area (Å²) in [6, 6.07) is 8.69. The smallest absolute Gasteiger partial charge is 0.321 e. The Balaban J connectivity index is 1.83. The van der Waals surface area contributed by atoms with Gasteiger partial charge in [0.2, 0.25) is 0 Å². The lowest BCUT2D eigenvalue weighted by Gasteiger charge is -2.21. The van der Waals surface area contributed by atoms with E-state index in [4.69, 9.17) is 0 Å². The molecule has 2 N–H and O–H groups in total. The first kappa shape index (κ1) is 16.7. The SMILES string of the molecule is Cc1cc(C(=O)Nc2cccc(-c3noc(=O)[nH]3)c2)nn1C(C)(C)C. The van der Waals surface area contributed by atoms with Crippen molar-refractivity contribution in [3.05, 3.63) is 52.3 Å². The third kappa shape index (κ3) is 3.52. The maximum atomic E-state index is 12.5. The van der Waals surface area contributed by atoms with Gasteiger partial charge in [-0.25, -0.2) is 4.79 Å². The molecule has 0 saturated heterocycles. The highest BCUT2D eigenvalue weighted by Crippen LogP contribution is 2.20. The van der Waals surface area contributed by atoms with Crippen LogP contribution >= 0.6 is 0 Å². The number of aromatic nitrogens is 4. The second-order valence-electron chi connectivity index (χ2n) is 6.73. The number of hydrogen-bond donors (Lipinski definition) is 2. The van der Waals surface area contributed by atoms with Crippen LogP contribution in [0.15, 0.2) is 39.6 Å². The van der Waals surface area contributed by atoms with Crippen molar-refractivity contribution in [2.45, 2.75) is 33.2 Å². The zero-order valence-electron chi connectivity index (χ0n) is 14.5. The van der Waals surface area contributed by atoms with E-state index in [0.717, 1.165) is 5.69 Å². The lowest BCUT2D eigenvalue weighted by molar-refractivity contribution is 0.102. The van der Waals surface area contributed by atoms with Crippen molar-refractivity contribution in [3.8, 4) is 11.4 Å². The van der Waals surface area contributed by atoms with Crippen LogP contribution in [0.5, 0.6) is 0 Å². The summed E-state index contributed by atoms with van der Waals surface area (Å²) < 4.78 is 6.31. The van der Waals surface area contributed by atoms with Crippen molar-refractivity contribution in [2.75, 3.05) is 5.32 Å². The van der Waals surface area contributed by atoms with E-state index in [2.05, 4.69) is 25.1 Å². The van der Waals surface area contributed by atoms with Crippen LogP contribution in [0.4, 0.5) is 5.69 Å². The summed E-state index contributed by atoms with van der Waals surface area (Å²) in [5.41, 5.74) is 2.23. The summed E-state index contributed by atoms with van der Waals surface area (Å²) in [6.07, 6.45) is 0. The average molecular weight is 341 g/mol. The van der Waals surface area contributed by atoms with Crippen LogP contribution in [0, 0.1) is 6.92 Å². The Hall–Kier alpha value is -3.16.